The van der Waals surface area contributed by atoms with E-state index in [2.05, 4.69) is 10.3 Å². The first-order chi connectivity index (χ1) is 10.7. The number of aromatic nitrogens is 2. The number of rotatable bonds is 4. The fourth-order valence-electron chi connectivity index (χ4n) is 2.34. The number of fused-ring (bicyclic) bond motifs is 1. The third-order valence-electron chi connectivity index (χ3n) is 3.57. The number of ether oxygens (including phenoxy) is 1. The van der Waals surface area contributed by atoms with Crippen molar-refractivity contribution in [3.8, 4) is 5.75 Å². The topological polar surface area (TPSA) is 56.1 Å². The van der Waals surface area contributed by atoms with Gasteiger partial charge in [-0.2, -0.15) is 0 Å². The van der Waals surface area contributed by atoms with Gasteiger partial charge in [-0.15, -0.1) is 0 Å². The molecule has 0 bridgehead atoms. The molecule has 0 radical (unpaired) electrons. The maximum atomic E-state index is 12.2. The molecule has 3 aromatic rings. The molecule has 5 nitrogen and oxygen atoms in total. The Hall–Kier alpha value is -2.82. The molecular formula is C17H17N3O2. The molecule has 2 aromatic carbocycles. The van der Waals surface area contributed by atoms with Crippen LogP contribution in [0.3, 0.4) is 0 Å². The molecule has 5 heteroatoms. The minimum Gasteiger partial charge on any atom is -0.497 e. The zero-order valence-electron chi connectivity index (χ0n) is 12.5. The first-order valence-electron chi connectivity index (χ1n) is 6.99. The van der Waals surface area contributed by atoms with Crippen LogP contribution in [0.4, 0.5) is 0 Å². The minimum atomic E-state index is -0.125. The van der Waals surface area contributed by atoms with Crippen LogP contribution in [-0.4, -0.2) is 22.6 Å². The standard InChI is InChI=1S/C17H17N3O2/c1-20-11-19-15-8-12(6-7-16(15)20)10-18-17(21)13-4-3-5-14(9-13)22-2/h3-9,11H,10H2,1-2H3,(H,18,21). The van der Waals surface area contributed by atoms with E-state index in [9.17, 15) is 4.79 Å². The predicted molar refractivity (Wildman–Crippen MR) is 84.9 cm³/mol. The van der Waals surface area contributed by atoms with Crippen LogP contribution >= 0.6 is 0 Å². The first-order valence-corrected chi connectivity index (χ1v) is 6.99. The van der Waals surface area contributed by atoms with Gasteiger partial charge >= 0.3 is 0 Å². The molecule has 0 aliphatic heterocycles. The molecule has 0 aliphatic rings. The van der Waals surface area contributed by atoms with E-state index >= 15 is 0 Å². The van der Waals surface area contributed by atoms with Gasteiger partial charge in [-0.1, -0.05) is 12.1 Å². The van der Waals surface area contributed by atoms with Crippen LogP contribution in [0, 0.1) is 0 Å². The summed E-state index contributed by atoms with van der Waals surface area (Å²) in [4.78, 5) is 16.5. The highest BCUT2D eigenvalue weighted by Gasteiger charge is 2.07. The molecule has 0 saturated carbocycles. The van der Waals surface area contributed by atoms with Crippen LogP contribution in [0.25, 0.3) is 11.0 Å². The van der Waals surface area contributed by atoms with Gasteiger partial charge < -0.3 is 14.6 Å². The fourth-order valence-corrected chi connectivity index (χ4v) is 2.34. The van der Waals surface area contributed by atoms with Gasteiger partial charge in [0.1, 0.15) is 5.75 Å². The van der Waals surface area contributed by atoms with Gasteiger partial charge in [0, 0.05) is 19.2 Å². The van der Waals surface area contributed by atoms with E-state index in [1.165, 1.54) is 0 Å². The number of imidazole rings is 1. The van der Waals surface area contributed by atoms with E-state index in [0.29, 0.717) is 17.9 Å². The number of aryl methyl sites for hydroxylation is 1. The number of methoxy groups -OCH3 is 1. The average Bonchev–Trinajstić information content (AvgIpc) is 2.93. The summed E-state index contributed by atoms with van der Waals surface area (Å²) in [6, 6.07) is 13.1. The summed E-state index contributed by atoms with van der Waals surface area (Å²) in [5.41, 5.74) is 3.60. The number of nitrogens with one attached hydrogen (secondary N) is 1. The van der Waals surface area contributed by atoms with E-state index in [1.807, 2.05) is 35.9 Å². The summed E-state index contributed by atoms with van der Waals surface area (Å²) < 4.78 is 7.09. The van der Waals surface area contributed by atoms with Crippen molar-refractivity contribution in [3.63, 3.8) is 0 Å². The van der Waals surface area contributed by atoms with Gasteiger partial charge in [-0.25, -0.2) is 4.98 Å². The molecular weight excluding hydrogens is 278 g/mol. The summed E-state index contributed by atoms with van der Waals surface area (Å²) in [6.07, 6.45) is 1.78. The number of benzene rings is 2. The molecule has 1 N–H and O–H groups in total. The van der Waals surface area contributed by atoms with Crippen molar-refractivity contribution in [1.82, 2.24) is 14.9 Å². The fraction of sp³-hybridized carbons (Fsp3) is 0.176. The third kappa shape index (κ3) is 2.79. The third-order valence-corrected chi connectivity index (χ3v) is 3.57. The number of carbonyl (C=O) groups excluding carboxylic acids is 1. The monoisotopic (exact) mass is 295 g/mol. The van der Waals surface area contributed by atoms with Gasteiger partial charge in [0.05, 0.1) is 24.5 Å². The molecule has 0 fully saturated rings. The van der Waals surface area contributed by atoms with Crippen LogP contribution in [0.5, 0.6) is 5.75 Å². The average molecular weight is 295 g/mol. The second-order valence-electron chi connectivity index (χ2n) is 5.09. The van der Waals surface area contributed by atoms with Crippen molar-refractivity contribution in [3.05, 3.63) is 59.9 Å². The highest BCUT2D eigenvalue weighted by molar-refractivity contribution is 5.94. The Bertz CT molecular complexity index is 824. The summed E-state index contributed by atoms with van der Waals surface area (Å²) in [5.74, 6) is 0.544. The zero-order chi connectivity index (χ0) is 15.5. The number of carbonyl (C=O) groups is 1. The molecule has 0 unspecified atom stereocenters. The molecule has 1 heterocycles. The molecule has 0 saturated heterocycles. The Labute approximate surface area is 128 Å². The molecule has 1 amide bonds. The van der Waals surface area contributed by atoms with Gasteiger partial charge in [0.25, 0.3) is 5.91 Å². The van der Waals surface area contributed by atoms with Gasteiger partial charge in [0.2, 0.25) is 0 Å². The van der Waals surface area contributed by atoms with E-state index in [4.69, 9.17) is 4.74 Å². The highest BCUT2D eigenvalue weighted by atomic mass is 16.5. The maximum absolute atomic E-state index is 12.2. The molecule has 1 aromatic heterocycles. The largest absolute Gasteiger partial charge is 0.497 e. The zero-order valence-corrected chi connectivity index (χ0v) is 12.5. The van der Waals surface area contributed by atoms with E-state index < -0.39 is 0 Å². The number of nitrogens with zero attached hydrogens (tertiary/aromatic N) is 2. The lowest BCUT2D eigenvalue weighted by molar-refractivity contribution is 0.0950. The highest BCUT2D eigenvalue weighted by Crippen LogP contribution is 2.15. The van der Waals surface area contributed by atoms with Crippen molar-refractivity contribution in [2.24, 2.45) is 7.05 Å². The van der Waals surface area contributed by atoms with E-state index in [-0.39, 0.29) is 5.91 Å². The molecule has 0 atom stereocenters. The summed E-state index contributed by atoms with van der Waals surface area (Å²) >= 11 is 0. The summed E-state index contributed by atoms with van der Waals surface area (Å²) in [5, 5.41) is 2.91. The van der Waals surface area contributed by atoms with Crippen molar-refractivity contribution < 1.29 is 9.53 Å². The van der Waals surface area contributed by atoms with Crippen LogP contribution < -0.4 is 10.1 Å². The Morgan fingerprint density at radius 3 is 2.95 bits per heavy atom. The van der Waals surface area contributed by atoms with Crippen molar-refractivity contribution >= 4 is 16.9 Å². The molecule has 3 rings (SSSR count). The normalized spacial score (nSPS) is 10.6. The smallest absolute Gasteiger partial charge is 0.251 e. The van der Waals surface area contributed by atoms with Crippen molar-refractivity contribution in [2.45, 2.75) is 6.54 Å². The van der Waals surface area contributed by atoms with Crippen LogP contribution in [0.2, 0.25) is 0 Å². The van der Waals surface area contributed by atoms with Gasteiger partial charge in [-0.3, -0.25) is 4.79 Å². The Morgan fingerprint density at radius 2 is 2.14 bits per heavy atom. The van der Waals surface area contributed by atoms with Gasteiger partial charge in [-0.05, 0) is 35.9 Å². The lowest BCUT2D eigenvalue weighted by Crippen LogP contribution is -2.22. The quantitative estimate of drug-likeness (QED) is 0.804. The Morgan fingerprint density at radius 1 is 1.27 bits per heavy atom. The summed E-state index contributed by atoms with van der Waals surface area (Å²) in [7, 11) is 3.54. The van der Waals surface area contributed by atoms with Crippen LogP contribution in [0.1, 0.15) is 15.9 Å². The molecule has 22 heavy (non-hydrogen) atoms. The molecule has 0 spiro atoms. The lowest BCUT2D eigenvalue weighted by Gasteiger charge is -2.07. The number of hydrogen-bond donors (Lipinski definition) is 1. The summed E-state index contributed by atoms with van der Waals surface area (Å²) in [6.45, 7) is 0.461. The molecule has 0 aliphatic carbocycles. The van der Waals surface area contributed by atoms with E-state index in [1.54, 1.807) is 31.6 Å². The Kier molecular flexibility index (Phi) is 3.78. The van der Waals surface area contributed by atoms with Crippen molar-refractivity contribution in [1.29, 1.82) is 0 Å². The Balaban J connectivity index is 1.71. The first kappa shape index (κ1) is 14.1. The molecule has 112 valence electrons. The predicted octanol–water partition coefficient (Wildman–Crippen LogP) is 2.51. The van der Waals surface area contributed by atoms with E-state index in [0.717, 1.165) is 16.6 Å². The lowest BCUT2D eigenvalue weighted by atomic mass is 10.1. The maximum Gasteiger partial charge on any atom is 0.251 e. The van der Waals surface area contributed by atoms with Gasteiger partial charge in [0.15, 0.2) is 0 Å². The minimum absolute atomic E-state index is 0.125. The van der Waals surface area contributed by atoms with Crippen molar-refractivity contribution in [2.75, 3.05) is 7.11 Å². The second kappa shape index (κ2) is 5.89. The van der Waals surface area contributed by atoms with Crippen LogP contribution in [-0.2, 0) is 13.6 Å². The van der Waals surface area contributed by atoms with Crippen LogP contribution in [0.15, 0.2) is 48.8 Å². The SMILES string of the molecule is COc1cccc(C(=O)NCc2ccc3c(c2)ncn3C)c1. The second-order valence-corrected chi connectivity index (χ2v) is 5.09. The number of amides is 1. The number of hydrogen-bond acceptors (Lipinski definition) is 3.